The van der Waals surface area contributed by atoms with Gasteiger partial charge in [-0.25, -0.2) is 0 Å². The SMILES string of the molecule is CSc1cccc(OCCCO)c1C(=N)N. The van der Waals surface area contributed by atoms with E-state index in [1.54, 1.807) is 6.07 Å². The highest BCUT2D eigenvalue weighted by atomic mass is 32.2. The molecular formula is C11H16N2O2S. The lowest BCUT2D eigenvalue weighted by Crippen LogP contribution is -2.15. The highest BCUT2D eigenvalue weighted by Crippen LogP contribution is 2.28. The Labute approximate surface area is 99.3 Å². The van der Waals surface area contributed by atoms with Crippen molar-refractivity contribution in [3.05, 3.63) is 23.8 Å². The predicted molar refractivity (Wildman–Crippen MR) is 66.4 cm³/mol. The van der Waals surface area contributed by atoms with Crippen LogP contribution in [0.3, 0.4) is 0 Å². The molecule has 1 aromatic rings. The van der Waals surface area contributed by atoms with Gasteiger partial charge in [0.15, 0.2) is 0 Å². The number of amidine groups is 1. The average molecular weight is 240 g/mol. The number of nitrogens with one attached hydrogen (secondary N) is 1. The van der Waals surface area contributed by atoms with Gasteiger partial charge in [-0.15, -0.1) is 11.8 Å². The smallest absolute Gasteiger partial charge is 0.131 e. The largest absolute Gasteiger partial charge is 0.493 e. The van der Waals surface area contributed by atoms with E-state index >= 15 is 0 Å². The van der Waals surface area contributed by atoms with Crippen LogP contribution < -0.4 is 10.5 Å². The molecule has 4 N–H and O–H groups in total. The number of thioether (sulfide) groups is 1. The van der Waals surface area contributed by atoms with Gasteiger partial charge in [0.25, 0.3) is 0 Å². The van der Waals surface area contributed by atoms with Crippen molar-refractivity contribution in [3.8, 4) is 5.75 Å². The Balaban J connectivity index is 2.93. The maximum Gasteiger partial charge on any atom is 0.131 e. The quantitative estimate of drug-likeness (QED) is 0.304. The Morgan fingerprint density at radius 1 is 1.56 bits per heavy atom. The van der Waals surface area contributed by atoms with Crippen molar-refractivity contribution in [3.63, 3.8) is 0 Å². The number of rotatable bonds is 6. The number of hydrogen-bond acceptors (Lipinski definition) is 4. The summed E-state index contributed by atoms with van der Waals surface area (Å²) < 4.78 is 5.49. The van der Waals surface area contributed by atoms with Crippen LogP contribution >= 0.6 is 11.8 Å². The average Bonchev–Trinajstić information content (AvgIpc) is 2.28. The zero-order chi connectivity index (χ0) is 12.0. The Hall–Kier alpha value is -1.20. The topological polar surface area (TPSA) is 79.3 Å². The summed E-state index contributed by atoms with van der Waals surface area (Å²) in [4.78, 5) is 0.925. The molecule has 0 spiro atoms. The summed E-state index contributed by atoms with van der Waals surface area (Å²) in [5, 5.41) is 16.2. The fourth-order valence-corrected chi connectivity index (χ4v) is 1.94. The summed E-state index contributed by atoms with van der Waals surface area (Å²) in [7, 11) is 0. The van der Waals surface area contributed by atoms with Crippen LogP contribution in [-0.2, 0) is 0 Å². The van der Waals surface area contributed by atoms with E-state index in [-0.39, 0.29) is 12.4 Å². The second-order valence-corrected chi connectivity index (χ2v) is 4.02. The number of aliphatic hydroxyl groups is 1. The zero-order valence-corrected chi connectivity index (χ0v) is 10.0. The zero-order valence-electron chi connectivity index (χ0n) is 9.19. The van der Waals surface area contributed by atoms with Gasteiger partial charge in [-0.2, -0.15) is 0 Å². The summed E-state index contributed by atoms with van der Waals surface area (Å²) >= 11 is 1.53. The fraction of sp³-hybridized carbons (Fsp3) is 0.364. The second kappa shape index (κ2) is 6.40. The van der Waals surface area contributed by atoms with E-state index in [2.05, 4.69) is 0 Å². The van der Waals surface area contributed by atoms with Crippen molar-refractivity contribution in [2.24, 2.45) is 5.73 Å². The molecule has 4 nitrogen and oxygen atoms in total. The molecule has 16 heavy (non-hydrogen) atoms. The van der Waals surface area contributed by atoms with Gasteiger partial charge in [0.1, 0.15) is 11.6 Å². The molecule has 0 saturated heterocycles. The van der Waals surface area contributed by atoms with E-state index in [0.29, 0.717) is 24.3 Å². The first kappa shape index (κ1) is 12.9. The number of aliphatic hydroxyl groups excluding tert-OH is 1. The molecule has 0 fully saturated rings. The first-order valence-corrected chi connectivity index (χ1v) is 6.18. The molecular weight excluding hydrogens is 224 g/mol. The number of ether oxygens (including phenoxy) is 1. The molecule has 0 amide bonds. The van der Waals surface area contributed by atoms with Crippen molar-refractivity contribution in [2.75, 3.05) is 19.5 Å². The molecule has 1 aromatic carbocycles. The van der Waals surface area contributed by atoms with Gasteiger partial charge in [-0.1, -0.05) is 6.07 Å². The third-order valence-electron chi connectivity index (χ3n) is 2.04. The van der Waals surface area contributed by atoms with Gasteiger partial charge in [-0.3, -0.25) is 5.41 Å². The molecule has 0 unspecified atom stereocenters. The van der Waals surface area contributed by atoms with Gasteiger partial charge >= 0.3 is 0 Å². The minimum atomic E-state index is 0.00366. The van der Waals surface area contributed by atoms with E-state index in [9.17, 15) is 0 Å². The molecule has 0 aromatic heterocycles. The molecule has 1 rings (SSSR count). The van der Waals surface area contributed by atoms with E-state index in [1.165, 1.54) is 11.8 Å². The number of hydrogen-bond donors (Lipinski definition) is 3. The maximum absolute atomic E-state index is 8.67. The molecule has 0 saturated carbocycles. The van der Waals surface area contributed by atoms with Gasteiger partial charge in [0.2, 0.25) is 0 Å². The number of nitrogens with two attached hydrogens (primary N) is 1. The molecule has 0 aliphatic heterocycles. The molecule has 0 aliphatic rings. The van der Waals surface area contributed by atoms with Crippen molar-refractivity contribution in [1.29, 1.82) is 5.41 Å². The monoisotopic (exact) mass is 240 g/mol. The van der Waals surface area contributed by atoms with E-state index in [4.69, 9.17) is 21.0 Å². The lowest BCUT2D eigenvalue weighted by atomic mass is 10.2. The predicted octanol–water partition coefficient (Wildman–Crippen LogP) is 1.45. The molecule has 0 bridgehead atoms. The van der Waals surface area contributed by atoms with Crippen LogP contribution in [0.1, 0.15) is 12.0 Å². The minimum Gasteiger partial charge on any atom is -0.493 e. The molecule has 0 aliphatic carbocycles. The standard InChI is InChI=1S/C11H16N2O2S/c1-16-9-5-2-4-8(10(9)11(12)13)15-7-3-6-14/h2,4-5,14H,3,6-7H2,1H3,(H3,12,13). The summed E-state index contributed by atoms with van der Waals surface area (Å²) in [5.41, 5.74) is 6.17. The van der Waals surface area contributed by atoms with Crippen LogP contribution in [0, 0.1) is 5.41 Å². The normalized spacial score (nSPS) is 10.1. The summed E-state index contributed by atoms with van der Waals surface area (Å²) in [6.45, 7) is 0.520. The van der Waals surface area contributed by atoms with Crippen LogP contribution in [0.25, 0.3) is 0 Å². The van der Waals surface area contributed by atoms with Crippen molar-refractivity contribution < 1.29 is 9.84 Å². The first-order valence-electron chi connectivity index (χ1n) is 4.95. The minimum absolute atomic E-state index is 0.00366. The molecule has 5 heteroatoms. The van der Waals surface area contributed by atoms with Crippen molar-refractivity contribution in [2.45, 2.75) is 11.3 Å². The van der Waals surface area contributed by atoms with Gasteiger partial charge < -0.3 is 15.6 Å². The van der Waals surface area contributed by atoms with Crippen LogP contribution in [0.15, 0.2) is 23.1 Å². The lowest BCUT2D eigenvalue weighted by Gasteiger charge is -2.13. The van der Waals surface area contributed by atoms with E-state index in [1.807, 2.05) is 18.4 Å². The Morgan fingerprint density at radius 2 is 2.31 bits per heavy atom. The highest BCUT2D eigenvalue weighted by molar-refractivity contribution is 7.98. The molecule has 0 heterocycles. The second-order valence-electron chi connectivity index (χ2n) is 3.17. The lowest BCUT2D eigenvalue weighted by molar-refractivity contribution is 0.233. The summed E-state index contributed by atoms with van der Waals surface area (Å²) in [6.07, 6.45) is 2.50. The maximum atomic E-state index is 8.67. The Kier molecular flexibility index (Phi) is 5.14. The van der Waals surface area contributed by atoms with Crippen LogP contribution in [-0.4, -0.2) is 30.4 Å². The molecule has 0 atom stereocenters. The van der Waals surface area contributed by atoms with Gasteiger partial charge in [-0.05, 0) is 18.4 Å². The first-order chi connectivity index (χ1) is 7.70. The third kappa shape index (κ3) is 3.15. The summed E-state index contributed by atoms with van der Waals surface area (Å²) in [5.74, 6) is 0.608. The van der Waals surface area contributed by atoms with Crippen LogP contribution in [0.4, 0.5) is 0 Å². The van der Waals surface area contributed by atoms with Crippen molar-refractivity contribution in [1.82, 2.24) is 0 Å². The fourth-order valence-electron chi connectivity index (χ4n) is 1.31. The van der Waals surface area contributed by atoms with Crippen LogP contribution in [0.2, 0.25) is 0 Å². The summed E-state index contributed by atoms with van der Waals surface area (Å²) in [6, 6.07) is 5.56. The van der Waals surface area contributed by atoms with Gasteiger partial charge in [0.05, 0.1) is 12.2 Å². The Morgan fingerprint density at radius 3 is 2.88 bits per heavy atom. The van der Waals surface area contributed by atoms with E-state index < -0.39 is 0 Å². The highest BCUT2D eigenvalue weighted by Gasteiger charge is 2.11. The van der Waals surface area contributed by atoms with E-state index in [0.717, 1.165) is 4.90 Å². The van der Waals surface area contributed by atoms with Crippen molar-refractivity contribution >= 4 is 17.6 Å². The molecule has 88 valence electrons. The third-order valence-corrected chi connectivity index (χ3v) is 2.82. The van der Waals surface area contributed by atoms with Gasteiger partial charge in [0, 0.05) is 17.9 Å². The molecule has 0 radical (unpaired) electrons. The number of benzene rings is 1. The number of nitrogen functional groups attached to an aromatic ring is 1. The van der Waals surface area contributed by atoms with Crippen LogP contribution in [0.5, 0.6) is 5.75 Å². The Bertz CT molecular complexity index is 369.